The number of hydrogen-bond donors (Lipinski definition) is 1. The van der Waals surface area contributed by atoms with Crippen LogP contribution in [0.5, 0.6) is 0 Å². The van der Waals surface area contributed by atoms with Gasteiger partial charge in [0.05, 0.1) is 0 Å². The van der Waals surface area contributed by atoms with Crippen molar-refractivity contribution < 1.29 is 40.6 Å². The molecule has 0 amide bonds. The SMILES string of the molecule is CC(F)(C(F)F)C(F)(F)C(F)(F)C(=O)O. The second kappa shape index (κ2) is 3.53. The van der Waals surface area contributed by atoms with Crippen LogP contribution in [-0.2, 0) is 4.79 Å². The quantitative estimate of drug-likeness (QED) is 0.768. The Labute approximate surface area is 78.7 Å². The van der Waals surface area contributed by atoms with E-state index in [0.29, 0.717) is 0 Å². The van der Waals surface area contributed by atoms with E-state index >= 15 is 0 Å². The maximum absolute atomic E-state index is 12.6. The van der Waals surface area contributed by atoms with Crippen LogP contribution in [0.4, 0.5) is 30.7 Å². The van der Waals surface area contributed by atoms with E-state index in [1.165, 1.54) is 0 Å². The van der Waals surface area contributed by atoms with Gasteiger partial charge in [0.1, 0.15) is 0 Å². The molecule has 0 rings (SSSR count). The minimum atomic E-state index is -6.01. The van der Waals surface area contributed by atoms with Crippen molar-refractivity contribution in [2.75, 3.05) is 0 Å². The molecule has 0 heterocycles. The van der Waals surface area contributed by atoms with Crippen molar-refractivity contribution in [3.05, 3.63) is 0 Å². The Bertz CT molecular complexity index is 260. The van der Waals surface area contributed by atoms with E-state index in [1.54, 1.807) is 0 Å². The largest absolute Gasteiger partial charge is 0.477 e. The summed E-state index contributed by atoms with van der Waals surface area (Å²) >= 11 is 0. The Hall–Kier alpha value is -1.02. The molecule has 90 valence electrons. The van der Waals surface area contributed by atoms with E-state index in [1.807, 2.05) is 0 Å². The van der Waals surface area contributed by atoms with E-state index in [9.17, 15) is 35.5 Å². The van der Waals surface area contributed by atoms with Gasteiger partial charge in [-0.2, -0.15) is 17.6 Å². The molecule has 2 nitrogen and oxygen atoms in total. The number of carboxylic acids is 1. The highest BCUT2D eigenvalue weighted by Crippen LogP contribution is 2.47. The fourth-order valence-electron chi connectivity index (χ4n) is 0.578. The Morgan fingerprint density at radius 1 is 1.13 bits per heavy atom. The van der Waals surface area contributed by atoms with Crippen molar-refractivity contribution in [2.45, 2.75) is 30.9 Å². The highest BCUT2D eigenvalue weighted by atomic mass is 19.3. The highest BCUT2D eigenvalue weighted by molar-refractivity contribution is 5.77. The summed E-state index contributed by atoms with van der Waals surface area (Å²) in [4.78, 5) is 9.70. The highest BCUT2D eigenvalue weighted by Gasteiger charge is 2.75. The lowest BCUT2D eigenvalue weighted by Gasteiger charge is -2.32. The van der Waals surface area contributed by atoms with Gasteiger partial charge in [-0.1, -0.05) is 0 Å². The molecule has 0 aromatic carbocycles. The summed E-state index contributed by atoms with van der Waals surface area (Å²) < 4.78 is 85.5. The second-order valence-corrected chi connectivity index (χ2v) is 2.83. The van der Waals surface area contributed by atoms with Crippen molar-refractivity contribution in [1.29, 1.82) is 0 Å². The topological polar surface area (TPSA) is 37.3 Å². The van der Waals surface area contributed by atoms with Gasteiger partial charge in [-0.05, 0) is 6.92 Å². The summed E-state index contributed by atoms with van der Waals surface area (Å²) in [5.41, 5.74) is -4.94. The fourth-order valence-corrected chi connectivity index (χ4v) is 0.578. The van der Waals surface area contributed by atoms with Crippen LogP contribution in [0, 0.1) is 0 Å². The number of hydrogen-bond acceptors (Lipinski definition) is 1. The molecule has 9 heteroatoms. The molecule has 0 aliphatic heterocycles. The molecular weight excluding hydrogens is 237 g/mol. The van der Waals surface area contributed by atoms with Crippen LogP contribution in [0.25, 0.3) is 0 Å². The van der Waals surface area contributed by atoms with Gasteiger partial charge in [0.2, 0.25) is 5.67 Å². The van der Waals surface area contributed by atoms with Gasteiger partial charge < -0.3 is 5.11 Å². The molecule has 0 saturated heterocycles. The normalized spacial score (nSPS) is 17.7. The maximum atomic E-state index is 12.6. The number of aliphatic carboxylic acids is 1. The Balaban J connectivity index is 5.40. The molecule has 0 aromatic heterocycles. The fraction of sp³-hybridized carbons (Fsp3) is 0.833. The minimum Gasteiger partial charge on any atom is -0.477 e. The van der Waals surface area contributed by atoms with E-state index in [4.69, 9.17) is 5.11 Å². The molecule has 1 atom stereocenters. The van der Waals surface area contributed by atoms with Crippen LogP contribution in [-0.4, -0.2) is 35.0 Å². The first-order chi connectivity index (χ1) is 6.39. The average Bonchev–Trinajstić information content (AvgIpc) is 2.02. The lowest BCUT2D eigenvalue weighted by Crippen LogP contribution is -2.61. The molecule has 0 bridgehead atoms. The van der Waals surface area contributed by atoms with Gasteiger partial charge in [0, 0.05) is 0 Å². The Kier molecular flexibility index (Phi) is 3.29. The Morgan fingerprint density at radius 2 is 1.47 bits per heavy atom. The summed E-state index contributed by atoms with van der Waals surface area (Å²) in [6.45, 7) is -0.492. The molecule has 0 radical (unpaired) electrons. The van der Waals surface area contributed by atoms with Crippen molar-refractivity contribution in [2.24, 2.45) is 0 Å². The predicted molar refractivity (Wildman–Crippen MR) is 33.0 cm³/mol. The molecule has 0 aliphatic carbocycles. The van der Waals surface area contributed by atoms with E-state index in [-0.39, 0.29) is 0 Å². The zero-order chi connectivity index (χ0) is 12.7. The van der Waals surface area contributed by atoms with Crippen LogP contribution >= 0.6 is 0 Å². The van der Waals surface area contributed by atoms with Gasteiger partial charge in [-0.25, -0.2) is 18.0 Å². The maximum Gasteiger partial charge on any atom is 0.407 e. The van der Waals surface area contributed by atoms with Crippen molar-refractivity contribution >= 4 is 5.97 Å². The molecule has 0 aromatic rings. The molecule has 0 spiro atoms. The van der Waals surface area contributed by atoms with Gasteiger partial charge in [-0.15, -0.1) is 0 Å². The van der Waals surface area contributed by atoms with Gasteiger partial charge in [-0.3, -0.25) is 0 Å². The van der Waals surface area contributed by atoms with E-state index in [0.717, 1.165) is 0 Å². The molecule has 0 fully saturated rings. The van der Waals surface area contributed by atoms with Crippen LogP contribution in [0.3, 0.4) is 0 Å². The monoisotopic (exact) mass is 242 g/mol. The van der Waals surface area contributed by atoms with Gasteiger partial charge >= 0.3 is 17.8 Å². The number of rotatable bonds is 4. The number of halogens is 7. The first kappa shape index (κ1) is 14.0. The van der Waals surface area contributed by atoms with E-state index in [2.05, 4.69) is 0 Å². The zero-order valence-electron chi connectivity index (χ0n) is 7.08. The van der Waals surface area contributed by atoms with Crippen LogP contribution in [0.1, 0.15) is 6.92 Å². The zero-order valence-corrected chi connectivity index (χ0v) is 7.08. The number of carboxylic acid groups (broad SMARTS) is 1. The number of alkyl halides is 7. The lowest BCUT2D eigenvalue weighted by atomic mass is 9.95. The van der Waals surface area contributed by atoms with E-state index < -0.39 is 36.8 Å². The van der Waals surface area contributed by atoms with Crippen molar-refractivity contribution in [1.82, 2.24) is 0 Å². The van der Waals surface area contributed by atoms with Crippen LogP contribution in [0.15, 0.2) is 0 Å². The summed E-state index contributed by atoms with van der Waals surface area (Å²) in [6, 6.07) is 0. The van der Waals surface area contributed by atoms with Crippen LogP contribution < -0.4 is 0 Å². The predicted octanol–water partition coefficient (Wildman–Crippen LogP) is 2.33. The summed E-state index contributed by atoms with van der Waals surface area (Å²) in [7, 11) is 0. The molecule has 1 unspecified atom stereocenters. The molecule has 0 aliphatic rings. The first-order valence-corrected chi connectivity index (χ1v) is 3.35. The summed E-state index contributed by atoms with van der Waals surface area (Å²) in [5, 5.41) is 7.68. The van der Waals surface area contributed by atoms with Crippen molar-refractivity contribution in [3.8, 4) is 0 Å². The third-order valence-electron chi connectivity index (χ3n) is 1.69. The lowest BCUT2D eigenvalue weighted by molar-refractivity contribution is -0.287. The minimum absolute atomic E-state index is 0.492. The molecule has 1 N–H and O–H groups in total. The average molecular weight is 242 g/mol. The first-order valence-electron chi connectivity index (χ1n) is 3.35. The molecular formula is C6H5F7O2. The molecule has 0 saturated carbocycles. The van der Waals surface area contributed by atoms with Gasteiger partial charge in [0.15, 0.2) is 0 Å². The van der Waals surface area contributed by atoms with Gasteiger partial charge in [0.25, 0.3) is 6.43 Å². The van der Waals surface area contributed by atoms with Crippen molar-refractivity contribution in [3.63, 3.8) is 0 Å². The Morgan fingerprint density at radius 3 is 1.67 bits per heavy atom. The third kappa shape index (κ3) is 1.86. The standard InChI is InChI=1S/C6H5F7O2/c1-4(9,2(7)8)6(12,13)5(10,11)3(14)15/h2H,1H3,(H,14,15). The van der Waals surface area contributed by atoms with Crippen LogP contribution in [0.2, 0.25) is 0 Å². The third-order valence-corrected chi connectivity index (χ3v) is 1.69. The smallest absolute Gasteiger partial charge is 0.407 e. The summed E-state index contributed by atoms with van der Waals surface area (Å²) in [6.07, 6.45) is -4.45. The summed E-state index contributed by atoms with van der Waals surface area (Å²) in [5.74, 6) is -15.3. The number of carbonyl (C=O) groups is 1. The second-order valence-electron chi connectivity index (χ2n) is 2.83. The molecule has 15 heavy (non-hydrogen) atoms.